The monoisotopic (exact) mass is 409 g/mol. The molecule has 0 radical (unpaired) electrons. The maximum absolute atomic E-state index is 13.2. The number of aromatic nitrogens is 4. The zero-order valence-corrected chi connectivity index (χ0v) is 16.5. The molecule has 27 heavy (non-hydrogen) atoms. The van der Waals surface area contributed by atoms with Crippen molar-refractivity contribution in [2.75, 3.05) is 5.32 Å². The predicted octanol–water partition coefficient (Wildman–Crippen LogP) is 4.39. The number of rotatable bonds is 5. The molecular weight excluding hydrogens is 392 g/mol. The lowest BCUT2D eigenvalue weighted by molar-refractivity contribution is -0.119. The summed E-state index contributed by atoms with van der Waals surface area (Å²) in [4.78, 5) is 12.5. The summed E-state index contributed by atoms with van der Waals surface area (Å²) in [5, 5.41) is 12.2. The first-order chi connectivity index (χ1) is 12.7. The van der Waals surface area contributed by atoms with Crippen LogP contribution in [0.3, 0.4) is 0 Å². The summed E-state index contributed by atoms with van der Waals surface area (Å²) in [7, 11) is 0. The number of hydrogen-bond donors (Lipinski definition) is 1. The molecule has 0 aliphatic carbocycles. The molecule has 3 rings (SSSR count). The minimum atomic E-state index is -0.548. The van der Waals surface area contributed by atoms with Crippen LogP contribution in [-0.4, -0.2) is 25.5 Å². The molecule has 3 aromatic rings. The lowest BCUT2D eigenvalue weighted by Gasteiger charge is -2.11. The van der Waals surface area contributed by atoms with Crippen LogP contribution in [0.4, 0.5) is 10.2 Å². The molecule has 142 valence electrons. The van der Waals surface area contributed by atoms with E-state index in [1.165, 1.54) is 16.8 Å². The van der Waals surface area contributed by atoms with Crippen LogP contribution in [0.2, 0.25) is 10.0 Å². The normalized spacial score (nSPS) is 12.2. The van der Waals surface area contributed by atoms with E-state index in [-0.39, 0.29) is 5.91 Å². The number of nitrogens with zero attached hydrogens (tertiary/aromatic N) is 4. The predicted molar refractivity (Wildman–Crippen MR) is 103 cm³/mol. The van der Waals surface area contributed by atoms with E-state index < -0.39 is 11.9 Å². The highest BCUT2D eigenvalue weighted by Gasteiger charge is 2.19. The molecule has 9 heteroatoms. The third kappa shape index (κ3) is 4.31. The Morgan fingerprint density at radius 2 is 1.96 bits per heavy atom. The molecule has 2 aromatic heterocycles. The molecule has 1 aromatic carbocycles. The highest BCUT2D eigenvalue weighted by Crippen LogP contribution is 2.21. The molecule has 0 saturated heterocycles. The number of nitrogens with one attached hydrogen (secondary N) is 1. The third-order valence-electron chi connectivity index (χ3n) is 4.20. The van der Waals surface area contributed by atoms with E-state index in [0.29, 0.717) is 28.1 Å². The number of anilines is 1. The standard InChI is InChI=1S/C18H18Cl2FN5O/c1-10-6-17(22-18(27)12(3)26-9-16(20)11(2)23-26)24-25(10)8-13-4-5-14(21)7-15(13)19/h4-7,9,12H,8H2,1-3H3,(H,22,24,27). The van der Waals surface area contributed by atoms with Crippen LogP contribution < -0.4 is 5.32 Å². The van der Waals surface area contributed by atoms with E-state index in [9.17, 15) is 9.18 Å². The molecule has 0 aliphatic heterocycles. The van der Waals surface area contributed by atoms with Gasteiger partial charge in [-0.25, -0.2) is 4.39 Å². The van der Waals surface area contributed by atoms with E-state index in [0.717, 1.165) is 11.3 Å². The molecule has 1 N–H and O–H groups in total. The van der Waals surface area contributed by atoms with Crippen molar-refractivity contribution in [1.29, 1.82) is 0 Å². The molecule has 1 unspecified atom stereocenters. The third-order valence-corrected chi connectivity index (χ3v) is 4.92. The Balaban J connectivity index is 1.73. The Kier molecular flexibility index (Phi) is 5.53. The number of amides is 1. The minimum absolute atomic E-state index is 0.265. The maximum Gasteiger partial charge on any atom is 0.250 e. The largest absolute Gasteiger partial charge is 0.307 e. The van der Waals surface area contributed by atoms with E-state index >= 15 is 0 Å². The van der Waals surface area contributed by atoms with Gasteiger partial charge in [-0.2, -0.15) is 10.2 Å². The van der Waals surface area contributed by atoms with Crippen LogP contribution >= 0.6 is 23.2 Å². The van der Waals surface area contributed by atoms with E-state index in [1.807, 2.05) is 6.92 Å². The lowest BCUT2D eigenvalue weighted by atomic mass is 10.2. The molecule has 1 amide bonds. The second-order valence-electron chi connectivity index (χ2n) is 6.27. The van der Waals surface area contributed by atoms with Crippen LogP contribution in [0, 0.1) is 19.7 Å². The van der Waals surface area contributed by atoms with Gasteiger partial charge in [0.15, 0.2) is 5.82 Å². The van der Waals surface area contributed by atoms with Gasteiger partial charge in [0, 0.05) is 23.0 Å². The Morgan fingerprint density at radius 3 is 2.59 bits per heavy atom. The summed E-state index contributed by atoms with van der Waals surface area (Å²) in [5.41, 5.74) is 2.22. The second kappa shape index (κ2) is 7.70. The summed E-state index contributed by atoms with van der Waals surface area (Å²) >= 11 is 12.1. The Hall–Kier alpha value is -2.38. The van der Waals surface area contributed by atoms with Gasteiger partial charge in [0.1, 0.15) is 11.9 Å². The van der Waals surface area contributed by atoms with Gasteiger partial charge in [0.2, 0.25) is 5.91 Å². The number of aryl methyl sites for hydroxylation is 2. The highest BCUT2D eigenvalue weighted by molar-refractivity contribution is 6.31. The van der Waals surface area contributed by atoms with Gasteiger partial charge in [-0.3, -0.25) is 14.2 Å². The van der Waals surface area contributed by atoms with Gasteiger partial charge in [-0.15, -0.1) is 0 Å². The van der Waals surface area contributed by atoms with Gasteiger partial charge in [0.05, 0.1) is 17.3 Å². The highest BCUT2D eigenvalue weighted by atomic mass is 35.5. The average molecular weight is 410 g/mol. The van der Waals surface area contributed by atoms with Gasteiger partial charge < -0.3 is 5.32 Å². The van der Waals surface area contributed by atoms with Crippen LogP contribution in [0.5, 0.6) is 0 Å². The summed E-state index contributed by atoms with van der Waals surface area (Å²) in [5.74, 6) is -0.243. The first-order valence-electron chi connectivity index (χ1n) is 8.25. The van der Waals surface area contributed by atoms with Crippen molar-refractivity contribution in [3.63, 3.8) is 0 Å². The van der Waals surface area contributed by atoms with Crippen LogP contribution in [0.1, 0.15) is 29.9 Å². The molecule has 6 nitrogen and oxygen atoms in total. The summed E-state index contributed by atoms with van der Waals surface area (Å²) in [6.07, 6.45) is 1.61. The van der Waals surface area contributed by atoms with Crippen molar-refractivity contribution in [1.82, 2.24) is 19.6 Å². The number of hydrogen-bond acceptors (Lipinski definition) is 3. The fraction of sp³-hybridized carbons (Fsp3) is 0.278. The SMILES string of the molecule is Cc1nn(C(C)C(=O)Nc2cc(C)n(Cc3ccc(F)cc3Cl)n2)cc1Cl. The topological polar surface area (TPSA) is 64.7 Å². The molecule has 0 fully saturated rings. The van der Waals surface area contributed by atoms with Crippen LogP contribution in [-0.2, 0) is 11.3 Å². The second-order valence-corrected chi connectivity index (χ2v) is 7.09. The molecule has 0 aliphatic rings. The van der Waals surface area contributed by atoms with Gasteiger partial charge in [-0.05, 0) is 38.5 Å². The Labute approximate surface area is 165 Å². The van der Waals surface area contributed by atoms with Crippen molar-refractivity contribution in [3.05, 3.63) is 63.3 Å². The zero-order valence-electron chi connectivity index (χ0n) is 15.0. The maximum atomic E-state index is 13.2. The Morgan fingerprint density at radius 1 is 1.22 bits per heavy atom. The lowest BCUT2D eigenvalue weighted by Crippen LogP contribution is -2.24. The first kappa shape index (κ1) is 19.4. The first-order valence-corrected chi connectivity index (χ1v) is 9.00. The van der Waals surface area contributed by atoms with Gasteiger partial charge in [0.25, 0.3) is 0 Å². The van der Waals surface area contributed by atoms with Gasteiger partial charge in [-0.1, -0.05) is 29.3 Å². The van der Waals surface area contributed by atoms with Crippen molar-refractivity contribution in [3.8, 4) is 0 Å². The smallest absolute Gasteiger partial charge is 0.250 e. The van der Waals surface area contributed by atoms with Crippen molar-refractivity contribution < 1.29 is 9.18 Å². The van der Waals surface area contributed by atoms with Crippen molar-refractivity contribution in [2.24, 2.45) is 0 Å². The molecule has 0 spiro atoms. The molecule has 0 saturated carbocycles. The molecular formula is C18H18Cl2FN5O. The number of carbonyl (C=O) groups is 1. The van der Waals surface area contributed by atoms with Crippen LogP contribution in [0.25, 0.3) is 0 Å². The quantitative estimate of drug-likeness (QED) is 0.679. The molecule has 2 heterocycles. The summed E-state index contributed by atoms with van der Waals surface area (Å²) in [6, 6.07) is 5.43. The average Bonchev–Trinajstić information content (AvgIpc) is 3.11. The van der Waals surface area contributed by atoms with E-state index in [2.05, 4.69) is 15.5 Å². The number of benzene rings is 1. The minimum Gasteiger partial charge on any atom is -0.307 e. The summed E-state index contributed by atoms with van der Waals surface area (Å²) in [6.45, 7) is 5.72. The van der Waals surface area contributed by atoms with E-state index in [4.69, 9.17) is 23.2 Å². The summed E-state index contributed by atoms with van der Waals surface area (Å²) < 4.78 is 16.4. The fourth-order valence-corrected chi connectivity index (χ4v) is 2.92. The fourth-order valence-electron chi connectivity index (χ4n) is 2.55. The van der Waals surface area contributed by atoms with Crippen molar-refractivity contribution >= 4 is 34.9 Å². The van der Waals surface area contributed by atoms with Crippen molar-refractivity contribution in [2.45, 2.75) is 33.4 Å². The van der Waals surface area contributed by atoms with Crippen LogP contribution in [0.15, 0.2) is 30.5 Å². The number of halogens is 3. The Bertz CT molecular complexity index is 978. The zero-order chi connectivity index (χ0) is 19.7. The number of carbonyl (C=O) groups excluding carboxylic acids is 1. The van der Waals surface area contributed by atoms with Gasteiger partial charge >= 0.3 is 0 Å². The molecule has 1 atom stereocenters. The molecule has 0 bridgehead atoms. The van der Waals surface area contributed by atoms with E-state index in [1.54, 1.807) is 36.9 Å².